The second-order valence-corrected chi connectivity index (χ2v) is 3.94. The maximum Gasteiger partial charge on any atom is 0.126 e. The van der Waals surface area contributed by atoms with Crippen LogP contribution in [0.4, 0.5) is 4.39 Å². The van der Waals surface area contributed by atoms with Gasteiger partial charge in [0, 0.05) is 6.54 Å². The molecule has 0 atom stereocenters. The quantitative estimate of drug-likeness (QED) is 0.773. The molecule has 1 fully saturated rings. The number of halogens is 1. The van der Waals surface area contributed by atoms with Gasteiger partial charge in [0.15, 0.2) is 0 Å². The Kier molecular flexibility index (Phi) is 2.29. The van der Waals surface area contributed by atoms with Crippen LogP contribution in [0.25, 0.3) is 0 Å². The molecular weight excluding hydrogens is 181 g/mol. The van der Waals surface area contributed by atoms with E-state index in [2.05, 4.69) is 0 Å². The van der Waals surface area contributed by atoms with Gasteiger partial charge in [-0.3, -0.25) is 0 Å². The summed E-state index contributed by atoms with van der Waals surface area (Å²) in [7, 11) is 0. The minimum atomic E-state index is -0.166. The predicted octanol–water partition coefficient (Wildman–Crippen LogP) is 1.36. The smallest absolute Gasteiger partial charge is 0.126 e. The summed E-state index contributed by atoms with van der Waals surface area (Å²) >= 11 is 0. The molecule has 0 amide bonds. The lowest BCUT2D eigenvalue weighted by molar-refractivity contribution is -0.0550. The average Bonchev–Trinajstić information content (AvgIpc) is 2.10. The third-order valence-electron chi connectivity index (χ3n) is 2.92. The topological polar surface area (TPSA) is 35.2 Å². The zero-order valence-corrected chi connectivity index (χ0v) is 8.22. The van der Waals surface area contributed by atoms with Crippen molar-refractivity contribution >= 4 is 0 Å². The van der Waals surface area contributed by atoms with E-state index in [-0.39, 0.29) is 11.2 Å². The molecule has 0 aromatic heterocycles. The third kappa shape index (κ3) is 1.33. The molecule has 1 aliphatic rings. The van der Waals surface area contributed by atoms with Gasteiger partial charge in [-0.25, -0.2) is 4.39 Å². The van der Waals surface area contributed by atoms with Crippen LogP contribution in [0.1, 0.15) is 11.1 Å². The number of benzene rings is 1. The molecule has 2 N–H and O–H groups in total. The van der Waals surface area contributed by atoms with Gasteiger partial charge in [-0.15, -0.1) is 0 Å². The van der Waals surface area contributed by atoms with E-state index >= 15 is 0 Å². The van der Waals surface area contributed by atoms with E-state index < -0.39 is 0 Å². The summed E-state index contributed by atoms with van der Waals surface area (Å²) in [5.74, 6) is -0.166. The fraction of sp³-hybridized carbons (Fsp3) is 0.455. The van der Waals surface area contributed by atoms with Crippen molar-refractivity contribution in [3.63, 3.8) is 0 Å². The summed E-state index contributed by atoms with van der Waals surface area (Å²) in [4.78, 5) is 0. The van der Waals surface area contributed by atoms with Crippen molar-refractivity contribution in [3.05, 3.63) is 35.1 Å². The Hall–Kier alpha value is -0.930. The monoisotopic (exact) mass is 195 g/mol. The lowest BCUT2D eigenvalue weighted by Gasteiger charge is -2.41. The lowest BCUT2D eigenvalue weighted by atomic mass is 9.78. The van der Waals surface area contributed by atoms with Gasteiger partial charge in [0.05, 0.1) is 18.6 Å². The van der Waals surface area contributed by atoms with Crippen LogP contribution in [-0.4, -0.2) is 19.8 Å². The first kappa shape index (κ1) is 9.62. The highest BCUT2D eigenvalue weighted by Crippen LogP contribution is 2.32. The standard InChI is InChI=1S/C11H14FNO/c1-8-4-9(2-3-10(8)12)11(5-13)6-14-7-11/h2-4H,5-7,13H2,1H3. The van der Waals surface area contributed by atoms with Gasteiger partial charge in [-0.05, 0) is 24.1 Å². The molecule has 0 unspecified atom stereocenters. The molecular formula is C11H14FNO. The molecule has 1 aromatic carbocycles. The molecule has 14 heavy (non-hydrogen) atoms. The van der Waals surface area contributed by atoms with E-state index in [4.69, 9.17) is 10.5 Å². The largest absolute Gasteiger partial charge is 0.379 e. The molecule has 0 aliphatic carbocycles. The normalized spacial score (nSPS) is 19.1. The van der Waals surface area contributed by atoms with Crippen molar-refractivity contribution in [3.8, 4) is 0 Å². The first-order valence-electron chi connectivity index (χ1n) is 4.72. The van der Waals surface area contributed by atoms with E-state index in [1.54, 1.807) is 13.0 Å². The van der Waals surface area contributed by atoms with Gasteiger partial charge >= 0.3 is 0 Å². The van der Waals surface area contributed by atoms with Crippen molar-refractivity contribution in [1.82, 2.24) is 0 Å². The van der Waals surface area contributed by atoms with Crippen LogP contribution in [0, 0.1) is 12.7 Å². The zero-order chi connectivity index (χ0) is 10.2. The SMILES string of the molecule is Cc1cc(C2(CN)COC2)ccc1F. The fourth-order valence-corrected chi connectivity index (χ4v) is 1.73. The van der Waals surface area contributed by atoms with E-state index in [1.165, 1.54) is 6.07 Å². The van der Waals surface area contributed by atoms with E-state index in [9.17, 15) is 4.39 Å². The second-order valence-electron chi connectivity index (χ2n) is 3.94. The van der Waals surface area contributed by atoms with E-state index in [0.717, 1.165) is 5.56 Å². The van der Waals surface area contributed by atoms with Crippen LogP contribution in [0.15, 0.2) is 18.2 Å². The lowest BCUT2D eigenvalue weighted by Crippen LogP contribution is -2.52. The Balaban J connectivity index is 2.36. The molecule has 1 aromatic rings. The summed E-state index contributed by atoms with van der Waals surface area (Å²) in [5.41, 5.74) is 7.40. The van der Waals surface area contributed by atoms with Gasteiger partial charge in [0.1, 0.15) is 5.82 Å². The number of ether oxygens (including phenoxy) is 1. The highest BCUT2D eigenvalue weighted by atomic mass is 19.1. The minimum absolute atomic E-state index is 0.0710. The van der Waals surface area contributed by atoms with E-state index in [0.29, 0.717) is 25.3 Å². The van der Waals surface area contributed by atoms with Gasteiger partial charge < -0.3 is 10.5 Å². The molecule has 76 valence electrons. The highest BCUT2D eigenvalue weighted by Gasteiger charge is 2.39. The van der Waals surface area contributed by atoms with Crippen molar-refractivity contribution < 1.29 is 9.13 Å². The molecule has 0 saturated carbocycles. The minimum Gasteiger partial charge on any atom is -0.379 e. The maximum atomic E-state index is 13.1. The Morgan fingerprint density at radius 1 is 1.50 bits per heavy atom. The molecule has 1 heterocycles. The van der Waals surface area contributed by atoms with Gasteiger partial charge in [0.2, 0.25) is 0 Å². The highest BCUT2D eigenvalue weighted by molar-refractivity contribution is 5.33. The fourth-order valence-electron chi connectivity index (χ4n) is 1.73. The third-order valence-corrected chi connectivity index (χ3v) is 2.92. The van der Waals surface area contributed by atoms with Crippen LogP contribution in [0.5, 0.6) is 0 Å². The number of rotatable bonds is 2. The van der Waals surface area contributed by atoms with Crippen LogP contribution >= 0.6 is 0 Å². The van der Waals surface area contributed by atoms with Crippen molar-refractivity contribution in [2.75, 3.05) is 19.8 Å². The van der Waals surface area contributed by atoms with Crippen LogP contribution in [0.2, 0.25) is 0 Å². The van der Waals surface area contributed by atoms with Crippen molar-refractivity contribution in [1.29, 1.82) is 0 Å². The van der Waals surface area contributed by atoms with Crippen molar-refractivity contribution in [2.24, 2.45) is 5.73 Å². The predicted molar refractivity (Wildman–Crippen MR) is 52.7 cm³/mol. The zero-order valence-electron chi connectivity index (χ0n) is 8.22. The Bertz CT molecular complexity index is 342. The molecule has 2 nitrogen and oxygen atoms in total. The summed E-state index contributed by atoms with van der Waals surface area (Å²) in [6.45, 7) is 3.61. The molecule has 0 spiro atoms. The van der Waals surface area contributed by atoms with Crippen molar-refractivity contribution in [2.45, 2.75) is 12.3 Å². The first-order valence-corrected chi connectivity index (χ1v) is 4.72. The van der Waals surface area contributed by atoms with Gasteiger partial charge in [-0.1, -0.05) is 12.1 Å². The summed E-state index contributed by atoms with van der Waals surface area (Å²) in [5, 5.41) is 0. The Morgan fingerprint density at radius 3 is 2.64 bits per heavy atom. The van der Waals surface area contributed by atoms with E-state index in [1.807, 2.05) is 6.07 Å². The molecule has 1 aliphatic heterocycles. The molecule has 0 bridgehead atoms. The molecule has 2 rings (SSSR count). The summed E-state index contributed by atoms with van der Waals surface area (Å²) < 4.78 is 18.2. The Labute approximate surface area is 82.9 Å². The first-order chi connectivity index (χ1) is 6.68. The average molecular weight is 195 g/mol. The van der Waals surface area contributed by atoms with Gasteiger partial charge in [-0.2, -0.15) is 0 Å². The van der Waals surface area contributed by atoms with Crippen LogP contribution in [0.3, 0.4) is 0 Å². The Morgan fingerprint density at radius 2 is 2.21 bits per heavy atom. The molecule has 1 saturated heterocycles. The summed E-state index contributed by atoms with van der Waals surface area (Å²) in [6, 6.07) is 5.17. The summed E-state index contributed by atoms with van der Waals surface area (Å²) in [6.07, 6.45) is 0. The maximum absolute atomic E-state index is 13.1. The number of hydrogen-bond acceptors (Lipinski definition) is 2. The van der Waals surface area contributed by atoms with Crippen LogP contribution < -0.4 is 5.73 Å². The second kappa shape index (κ2) is 3.33. The number of nitrogens with two attached hydrogens (primary N) is 1. The number of aryl methyl sites for hydroxylation is 1. The molecule has 3 heteroatoms. The van der Waals surface area contributed by atoms with Crippen LogP contribution in [-0.2, 0) is 10.2 Å². The van der Waals surface area contributed by atoms with Gasteiger partial charge in [0.25, 0.3) is 0 Å². The molecule has 0 radical (unpaired) electrons. The number of hydrogen-bond donors (Lipinski definition) is 1.